The van der Waals surface area contributed by atoms with Crippen LogP contribution in [0, 0.1) is 5.92 Å². The summed E-state index contributed by atoms with van der Waals surface area (Å²) in [6.45, 7) is 6.24. The molecule has 2 aromatic rings. The molecule has 2 rings (SSSR count). The second-order valence-corrected chi connectivity index (χ2v) is 5.98. The molecular weight excluding hydrogens is 290 g/mol. The van der Waals surface area contributed by atoms with Gasteiger partial charge in [0.1, 0.15) is 5.75 Å². The molecule has 0 saturated carbocycles. The summed E-state index contributed by atoms with van der Waals surface area (Å²) in [4.78, 5) is 12.4. The van der Waals surface area contributed by atoms with Gasteiger partial charge in [-0.25, -0.2) is 0 Å². The fourth-order valence-electron chi connectivity index (χ4n) is 2.36. The molecule has 0 atom stereocenters. The van der Waals surface area contributed by atoms with Crippen LogP contribution >= 0.6 is 0 Å². The number of rotatable bonds is 8. The minimum Gasteiger partial charge on any atom is -0.496 e. The van der Waals surface area contributed by atoms with Crippen LogP contribution < -0.4 is 10.1 Å². The smallest absolute Gasteiger partial charge is 0.255 e. The number of carbonyl (C=O) groups excluding carboxylic acids is 1. The van der Waals surface area contributed by atoms with E-state index in [1.807, 2.05) is 36.4 Å². The van der Waals surface area contributed by atoms with E-state index in [0.29, 0.717) is 30.4 Å². The molecular formula is C19H25NO3. The Kier molecular flexibility index (Phi) is 6.41. The van der Waals surface area contributed by atoms with E-state index in [1.165, 1.54) is 0 Å². The number of benzene rings is 2. The third kappa shape index (κ3) is 4.96. The Hall–Kier alpha value is -2.07. The van der Waals surface area contributed by atoms with E-state index < -0.39 is 0 Å². The number of methoxy groups -OCH3 is 1. The molecule has 0 bridgehead atoms. The highest BCUT2D eigenvalue weighted by Crippen LogP contribution is 2.25. The van der Waals surface area contributed by atoms with Crippen molar-refractivity contribution in [1.29, 1.82) is 0 Å². The minimum atomic E-state index is -0.114. The maximum atomic E-state index is 12.4. The highest BCUT2D eigenvalue weighted by atomic mass is 16.5. The third-order valence-corrected chi connectivity index (χ3v) is 3.51. The summed E-state index contributed by atoms with van der Waals surface area (Å²) in [7, 11) is 1.58. The molecule has 0 saturated heterocycles. The van der Waals surface area contributed by atoms with Crippen molar-refractivity contribution in [3.8, 4) is 5.75 Å². The fraction of sp³-hybridized carbons (Fsp3) is 0.421. The number of fused-ring (bicyclic) bond motifs is 1. The monoisotopic (exact) mass is 315 g/mol. The van der Waals surface area contributed by atoms with Crippen LogP contribution in [0.4, 0.5) is 0 Å². The zero-order chi connectivity index (χ0) is 16.7. The van der Waals surface area contributed by atoms with E-state index in [1.54, 1.807) is 7.11 Å². The van der Waals surface area contributed by atoms with Crippen molar-refractivity contribution >= 4 is 16.7 Å². The topological polar surface area (TPSA) is 47.6 Å². The highest BCUT2D eigenvalue weighted by molar-refractivity contribution is 6.01. The van der Waals surface area contributed by atoms with Gasteiger partial charge >= 0.3 is 0 Å². The van der Waals surface area contributed by atoms with Gasteiger partial charge in [-0.1, -0.05) is 38.1 Å². The Morgan fingerprint density at radius 2 is 1.87 bits per heavy atom. The molecule has 0 unspecified atom stereocenters. The minimum absolute atomic E-state index is 0.114. The number of ether oxygens (including phenoxy) is 2. The SMILES string of the molecule is COc1cc2ccccc2cc1C(=O)NCCCOCC(C)C. The van der Waals surface area contributed by atoms with E-state index in [4.69, 9.17) is 9.47 Å². The summed E-state index contributed by atoms with van der Waals surface area (Å²) < 4.78 is 10.9. The maximum absolute atomic E-state index is 12.4. The van der Waals surface area contributed by atoms with Gasteiger partial charge in [0, 0.05) is 19.8 Å². The Labute approximate surface area is 137 Å². The van der Waals surface area contributed by atoms with Crippen LogP contribution in [0.15, 0.2) is 36.4 Å². The van der Waals surface area contributed by atoms with Gasteiger partial charge in [-0.05, 0) is 35.2 Å². The van der Waals surface area contributed by atoms with Gasteiger partial charge in [0.25, 0.3) is 5.91 Å². The number of amides is 1. The Morgan fingerprint density at radius 3 is 2.52 bits per heavy atom. The van der Waals surface area contributed by atoms with Crippen LogP contribution in [-0.4, -0.2) is 32.8 Å². The molecule has 0 heterocycles. The summed E-state index contributed by atoms with van der Waals surface area (Å²) in [6, 6.07) is 11.7. The predicted molar refractivity (Wildman–Crippen MR) is 93.1 cm³/mol. The van der Waals surface area contributed by atoms with Crippen molar-refractivity contribution in [3.63, 3.8) is 0 Å². The largest absolute Gasteiger partial charge is 0.496 e. The lowest BCUT2D eigenvalue weighted by Crippen LogP contribution is -2.25. The van der Waals surface area contributed by atoms with E-state index in [9.17, 15) is 4.79 Å². The van der Waals surface area contributed by atoms with Gasteiger partial charge in [0.05, 0.1) is 12.7 Å². The fourth-order valence-corrected chi connectivity index (χ4v) is 2.36. The molecule has 2 aromatic carbocycles. The molecule has 124 valence electrons. The molecule has 1 N–H and O–H groups in total. The predicted octanol–water partition coefficient (Wildman–Crippen LogP) is 3.64. The molecule has 0 aliphatic rings. The molecule has 4 nitrogen and oxygen atoms in total. The first-order valence-electron chi connectivity index (χ1n) is 8.04. The standard InChI is InChI=1S/C19H25NO3/c1-14(2)13-23-10-6-9-20-19(21)17-11-15-7-4-5-8-16(15)12-18(17)22-3/h4-5,7-8,11-12,14H,6,9-10,13H2,1-3H3,(H,20,21). The van der Waals surface area contributed by atoms with Crippen molar-refractivity contribution in [1.82, 2.24) is 5.32 Å². The second kappa shape index (κ2) is 8.53. The maximum Gasteiger partial charge on any atom is 0.255 e. The molecule has 4 heteroatoms. The third-order valence-electron chi connectivity index (χ3n) is 3.51. The van der Waals surface area contributed by atoms with Crippen LogP contribution in [0.3, 0.4) is 0 Å². The summed E-state index contributed by atoms with van der Waals surface area (Å²) in [5.74, 6) is 1.01. The lowest BCUT2D eigenvalue weighted by molar-refractivity contribution is 0.0922. The van der Waals surface area contributed by atoms with Crippen LogP contribution in [0.5, 0.6) is 5.75 Å². The van der Waals surface area contributed by atoms with Crippen molar-refractivity contribution in [2.24, 2.45) is 5.92 Å². The molecule has 0 aliphatic carbocycles. The summed E-state index contributed by atoms with van der Waals surface area (Å²) in [5.41, 5.74) is 0.564. The van der Waals surface area contributed by atoms with Crippen LogP contribution in [-0.2, 0) is 4.74 Å². The lowest BCUT2D eigenvalue weighted by atomic mass is 10.1. The van der Waals surface area contributed by atoms with E-state index in [0.717, 1.165) is 23.8 Å². The molecule has 0 spiro atoms. The first-order valence-corrected chi connectivity index (χ1v) is 8.04. The van der Waals surface area contributed by atoms with Crippen molar-refractivity contribution in [2.75, 3.05) is 26.9 Å². The van der Waals surface area contributed by atoms with Gasteiger partial charge in [0.15, 0.2) is 0 Å². The number of nitrogens with one attached hydrogen (secondary N) is 1. The second-order valence-electron chi connectivity index (χ2n) is 5.98. The Balaban J connectivity index is 1.94. The van der Waals surface area contributed by atoms with Crippen LogP contribution in [0.2, 0.25) is 0 Å². The summed E-state index contributed by atoms with van der Waals surface area (Å²) >= 11 is 0. The average Bonchev–Trinajstić information content (AvgIpc) is 2.56. The molecule has 0 aliphatic heterocycles. The van der Waals surface area contributed by atoms with Crippen molar-refractivity contribution in [3.05, 3.63) is 42.0 Å². The van der Waals surface area contributed by atoms with E-state index in [-0.39, 0.29) is 5.91 Å². The lowest BCUT2D eigenvalue weighted by Gasteiger charge is -2.11. The van der Waals surface area contributed by atoms with Crippen molar-refractivity contribution in [2.45, 2.75) is 20.3 Å². The van der Waals surface area contributed by atoms with Crippen LogP contribution in [0.25, 0.3) is 10.8 Å². The normalized spacial score (nSPS) is 11.0. The first-order chi connectivity index (χ1) is 11.1. The quantitative estimate of drug-likeness (QED) is 0.757. The summed E-state index contributed by atoms with van der Waals surface area (Å²) in [6.07, 6.45) is 0.800. The van der Waals surface area contributed by atoms with Gasteiger partial charge in [-0.15, -0.1) is 0 Å². The molecule has 0 aromatic heterocycles. The van der Waals surface area contributed by atoms with Crippen LogP contribution in [0.1, 0.15) is 30.6 Å². The number of hydrogen-bond acceptors (Lipinski definition) is 3. The van der Waals surface area contributed by atoms with Gasteiger partial charge in [-0.3, -0.25) is 4.79 Å². The van der Waals surface area contributed by atoms with Gasteiger partial charge in [-0.2, -0.15) is 0 Å². The molecule has 23 heavy (non-hydrogen) atoms. The molecule has 1 amide bonds. The number of hydrogen-bond donors (Lipinski definition) is 1. The Morgan fingerprint density at radius 1 is 1.17 bits per heavy atom. The average molecular weight is 315 g/mol. The Bertz CT molecular complexity index is 652. The molecule has 0 radical (unpaired) electrons. The zero-order valence-electron chi connectivity index (χ0n) is 14.1. The van der Waals surface area contributed by atoms with Crippen molar-refractivity contribution < 1.29 is 14.3 Å². The van der Waals surface area contributed by atoms with Gasteiger partial charge in [0.2, 0.25) is 0 Å². The summed E-state index contributed by atoms with van der Waals surface area (Å²) in [5, 5.41) is 5.01. The van der Waals surface area contributed by atoms with E-state index in [2.05, 4.69) is 19.2 Å². The zero-order valence-corrected chi connectivity index (χ0v) is 14.1. The van der Waals surface area contributed by atoms with Gasteiger partial charge < -0.3 is 14.8 Å². The molecule has 0 fully saturated rings. The highest BCUT2D eigenvalue weighted by Gasteiger charge is 2.13. The van der Waals surface area contributed by atoms with E-state index >= 15 is 0 Å². The first kappa shape index (κ1) is 17.3. The number of carbonyl (C=O) groups is 1.